The molecule has 2 heterocycles. The van der Waals surface area contributed by atoms with Gasteiger partial charge in [0.2, 0.25) is 11.8 Å². The highest BCUT2D eigenvalue weighted by Gasteiger charge is 2.29. The molecule has 0 saturated carbocycles. The maximum atomic E-state index is 13.8. The van der Waals surface area contributed by atoms with Crippen molar-refractivity contribution in [2.24, 2.45) is 5.92 Å². The first kappa shape index (κ1) is 19.7. The molecule has 148 valence electrons. The molecule has 0 bridgehead atoms. The molecule has 0 spiro atoms. The molecule has 1 aliphatic heterocycles. The van der Waals surface area contributed by atoms with Crippen LogP contribution in [0.25, 0.3) is 0 Å². The Morgan fingerprint density at radius 3 is 2.68 bits per heavy atom. The Bertz CT molecular complexity index is 868. The number of likely N-dealkylation sites (tertiary alicyclic amines) is 1. The smallest absolute Gasteiger partial charge is 0.256 e. The number of nitrogens with zero attached hydrogens (tertiary/aromatic N) is 2. The van der Waals surface area contributed by atoms with E-state index >= 15 is 0 Å². The summed E-state index contributed by atoms with van der Waals surface area (Å²) in [5.41, 5.74) is 0.616. The van der Waals surface area contributed by atoms with Crippen LogP contribution in [0.15, 0.2) is 36.5 Å². The number of piperidine rings is 1. The molecule has 1 N–H and O–H groups in total. The van der Waals surface area contributed by atoms with Gasteiger partial charge in [0.25, 0.3) is 5.91 Å². The summed E-state index contributed by atoms with van der Waals surface area (Å²) in [4.78, 5) is 30.4. The summed E-state index contributed by atoms with van der Waals surface area (Å²) in [5, 5.41) is 2.87. The number of hydrogen-bond donors (Lipinski definition) is 1. The Balaban J connectivity index is 1.53. The van der Waals surface area contributed by atoms with Gasteiger partial charge in [0, 0.05) is 43.4 Å². The third-order valence-electron chi connectivity index (χ3n) is 4.81. The Morgan fingerprint density at radius 2 is 2.00 bits per heavy atom. The quantitative estimate of drug-likeness (QED) is 0.853. The van der Waals surface area contributed by atoms with E-state index in [1.54, 1.807) is 12.3 Å². The third kappa shape index (κ3) is 4.44. The van der Waals surface area contributed by atoms with Crippen molar-refractivity contribution < 1.29 is 23.1 Å². The van der Waals surface area contributed by atoms with Crippen molar-refractivity contribution in [1.82, 2.24) is 15.2 Å². The molecule has 0 unspecified atom stereocenters. The molecular weight excluding hydrogens is 368 g/mol. The maximum Gasteiger partial charge on any atom is 0.256 e. The predicted molar refractivity (Wildman–Crippen MR) is 97.6 cm³/mol. The van der Waals surface area contributed by atoms with E-state index in [0.717, 1.165) is 17.7 Å². The minimum Gasteiger partial charge on any atom is -0.481 e. The standard InChI is InChI=1S/C20H21F2N3O3/c1-28-19-14(3-2-8-23-19)12-24-18(26)13-6-9-25(10-7-13)20(27)16-5-4-15(21)11-17(16)22/h2-5,8,11,13H,6-7,9-10,12H2,1H3,(H,24,26). The van der Waals surface area contributed by atoms with Crippen LogP contribution in [0.4, 0.5) is 8.78 Å². The monoisotopic (exact) mass is 389 g/mol. The summed E-state index contributed by atoms with van der Waals surface area (Å²) in [6.07, 6.45) is 2.57. The van der Waals surface area contributed by atoms with Gasteiger partial charge in [-0.1, -0.05) is 6.07 Å². The van der Waals surface area contributed by atoms with Crippen molar-refractivity contribution in [2.75, 3.05) is 20.2 Å². The van der Waals surface area contributed by atoms with Crippen LogP contribution in [0, 0.1) is 17.6 Å². The van der Waals surface area contributed by atoms with E-state index < -0.39 is 17.5 Å². The number of benzene rings is 1. The van der Waals surface area contributed by atoms with Gasteiger partial charge in [-0.15, -0.1) is 0 Å². The van der Waals surface area contributed by atoms with E-state index in [2.05, 4.69) is 10.3 Å². The van der Waals surface area contributed by atoms with E-state index in [-0.39, 0.29) is 17.4 Å². The lowest BCUT2D eigenvalue weighted by molar-refractivity contribution is -0.126. The molecule has 1 saturated heterocycles. The zero-order valence-corrected chi connectivity index (χ0v) is 15.5. The molecule has 0 aliphatic carbocycles. The lowest BCUT2D eigenvalue weighted by Crippen LogP contribution is -2.43. The molecule has 2 amide bonds. The molecular formula is C20H21F2N3O3. The number of carbonyl (C=O) groups is 2. The average molecular weight is 389 g/mol. The molecule has 3 rings (SSSR count). The number of rotatable bonds is 5. The number of halogens is 2. The van der Waals surface area contributed by atoms with Crippen molar-refractivity contribution in [3.05, 3.63) is 59.3 Å². The van der Waals surface area contributed by atoms with Crippen LogP contribution in [-0.2, 0) is 11.3 Å². The summed E-state index contributed by atoms with van der Waals surface area (Å²) < 4.78 is 32.0. The molecule has 1 aromatic carbocycles. The molecule has 0 atom stereocenters. The molecule has 2 aromatic rings. The van der Waals surface area contributed by atoms with Gasteiger partial charge >= 0.3 is 0 Å². The lowest BCUT2D eigenvalue weighted by atomic mass is 9.95. The van der Waals surface area contributed by atoms with E-state index in [0.29, 0.717) is 44.4 Å². The van der Waals surface area contributed by atoms with Gasteiger partial charge < -0.3 is 15.0 Å². The first-order valence-electron chi connectivity index (χ1n) is 8.99. The number of carbonyl (C=O) groups excluding carboxylic acids is 2. The Kier molecular flexibility index (Phi) is 6.18. The minimum absolute atomic E-state index is 0.106. The zero-order valence-electron chi connectivity index (χ0n) is 15.5. The number of ether oxygens (including phenoxy) is 1. The van der Waals surface area contributed by atoms with Gasteiger partial charge in [-0.3, -0.25) is 9.59 Å². The summed E-state index contributed by atoms with van der Waals surface area (Å²) in [6.45, 7) is 0.976. The highest BCUT2D eigenvalue weighted by atomic mass is 19.1. The summed E-state index contributed by atoms with van der Waals surface area (Å²) in [5.74, 6) is -1.97. The van der Waals surface area contributed by atoms with Gasteiger partial charge in [0.1, 0.15) is 11.6 Å². The molecule has 1 aliphatic rings. The Hall–Kier alpha value is -3.03. The van der Waals surface area contributed by atoms with E-state index in [1.165, 1.54) is 12.0 Å². The number of aromatic nitrogens is 1. The number of methoxy groups -OCH3 is 1. The Labute approximate surface area is 161 Å². The molecule has 0 radical (unpaired) electrons. The maximum absolute atomic E-state index is 13.8. The largest absolute Gasteiger partial charge is 0.481 e. The van der Waals surface area contributed by atoms with Crippen LogP contribution in [0.5, 0.6) is 5.88 Å². The normalized spacial score (nSPS) is 14.6. The average Bonchev–Trinajstić information content (AvgIpc) is 2.72. The van der Waals surface area contributed by atoms with E-state index in [9.17, 15) is 18.4 Å². The van der Waals surface area contributed by atoms with Crippen molar-refractivity contribution in [3.63, 3.8) is 0 Å². The second-order valence-electron chi connectivity index (χ2n) is 6.58. The number of nitrogens with one attached hydrogen (secondary N) is 1. The second-order valence-corrected chi connectivity index (χ2v) is 6.58. The van der Waals surface area contributed by atoms with Crippen LogP contribution in [0.3, 0.4) is 0 Å². The van der Waals surface area contributed by atoms with E-state index in [4.69, 9.17) is 4.74 Å². The van der Waals surface area contributed by atoms with Crippen molar-refractivity contribution >= 4 is 11.8 Å². The Morgan fingerprint density at radius 1 is 1.25 bits per heavy atom. The zero-order chi connectivity index (χ0) is 20.1. The SMILES string of the molecule is COc1ncccc1CNC(=O)C1CCN(C(=O)c2ccc(F)cc2F)CC1. The van der Waals surface area contributed by atoms with Gasteiger partial charge in [-0.25, -0.2) is 13.8 Å². The van der Waals surface area contributed by atoms with E-state index in [1.807, 2.05) is 6.07 Å². The van der Waals surface area contributed by atoms with Crippen LogP contribution in [0.1, 0.15) is 28.8 Å². The van der Waals surface area contributed by atoms with Gasteiger partial charge in [0.05, 0.1) is 12.7 Å². The number of amides is 2. The molecule has 8 heteroatoms. The minimum atomic E-state index is -0.879. The fourth-order valence-corrected chi connectivity index (χ4v) is 3.25. The lowest BCUT2D eigenvalue weighted by Gasteiger charge is -2.31. The van der Waals surface area contributed by atoms with Crippen molar-refractivity contribution in [3.8, 4) is 5.88 Å². The van der Waals surface area contributed by atoms with Crippen LogP contribution in [-0.4, -0.2) is 41.9 Å². The van der Waals surface area contributed by atoms with Gasteiger partial charge in [0.15, 0.2) is 0 Å². The van der Waals surface area contributed by atoms with Crippen molar-refractivity contribution in [1.29, 1.82) is 0 Å². The second kappa shape index (κ2) is 8.77. The summed E-state index contributed by atoms with van der Waals surface area (Å²) in [6, 6.07) is 6.49. The predicted octanol–water partition coefficient (Wildman–Crippen LogP) is 2.54. The summed E-state index contributed by atoms with van der Waals surface area (Å²) in [7, 11) is 1.52. The van der Waals surface area contributed by atoms with Crippen molar-refractivity contribution in [2.45, 2.75) is 19.4 Å². The van der Waals surface area contributed by atoms with Crippen LogP contribution < -0.4 is 10.1 Å². The topological polar surface area (TPSA) is 71.5 Å². The molecule has 1 aromatic heterocycles. The van der Waals surface area contributed by atoms with Gasteiger partial charge in [-0.2, -0.15) is 0 Å². The van der Waals surface area contributed by atoms with Crippen LogP contribution >= 0.6 is 0 Å². The van der Waals surface area contributed by atoms with Gasteiger partial charge in [-0.05, 0) is 31.0 Å². The fraction of sp³-hybridized carbons (Fsp3) is 0.350. The highest BCUT2D eigenvalue weighted by molar-refractivity contribution is 5.94. The number of hydrogen-bond acceptors (Lipinski definition) is 4. The number of pyridine rings is 1. The molecule has 6 nitrogen and oxygen atoms in total. The van der Waals surface area contributed by atoms with Crippen LogP contribution in [0.2, 0.25) is 0 Å². The highest BCUT2D eigenvalue weighted by Crippen LogP contribution is 2.21. The third-order valence-corrected chi connectivity index (χ3v) is 4.81. The first-order valence-corrected chi connectivity index (χ1v) is 8.99. The summed E-state index contributed by atoms with van der Waals surface area (Å²) >= 11 is 0. The first-order chi connectivity index (χ1) is 13.5. The fourth-order valence-electron chi connectivity index (χ4n) is 3.25. The molecule has 28 heavy (non-hydrogen) atoms. The molecule has 1 fully saturated rings.